The molecule has 66 valence electrons. The summed E-state index contributed by atoms with van der Waals surface area (Å²) in [7, 11) is 1.47. The van der Waals surface area contributed by atoms with Gasteiger partial charge in [0.25, 0.3) is 0 Å². The molecule has 0 aromatic carbocycles. The molecule has 1 heterocycles. The quantitative estimate of drug-likeness (QED) is 0.497. The number of aliphatic hydroxyl groups excluding tert-OH is 3. The van der Waals surface area contributed by atoms with E-state index in [1.807, 2.05) is 0 Å². The first-order chi connectivity index (χ1) is 5.20. The van der Waals surface area contributed by atoms with Gasteiger partial charge in [-0.05, 0) is 0 Å². The molecular weight excluding hydrogens is 168 g/mol. The van der Waals surface area contributed by atoms with Gasteiger partial charge in [0.05, 0.1) is 18.0 Å². The summed E-state index contributed by atoms with van der Waals surface area (Å²) >= 11 is 1.25. The van der Waals surface area contributed by atoms with E-state index < -0.39 is 17.6 Å². The average molecular weight is 180 g/mol. The Hall–Kier alpha value is 0.190. The van der Waals surface area contributed by atoms with Crippen molar-refractivity contribution in [1.29, 1.82) is 0 Å². The zero-order chi connectivity index (χ0) is 8.43. The van der Waals surface area contributed by atoms with E-state index in [0.29, 0.717) is 0 Å². The van der Waals surface area contributed by atoms with Crippen LogP contribution in [0.5, 0.6) is 0 Å². The molecule has 0 aliphatic carbocycles. The molecule has 5 heteroatoms. The lowest BCUT2D eigenvalue weighted by Crippen LogP contribution is -2.34. The van der Waals surface area contributed by atoms with Crippen molar-refractivity contribution >= 4 is 11.8 Å². The Morgan fingerprint density at radius 3 is 2.27 bits per heavy atom. The summed E-state index contributed by atoms with van der Waals surface area (Å²) in [5, 5.41) is 26.9. The van der Waals surface area contributed by atoms with Crippen LogP contribution in [0.3, 0.4) is 0 Å². The lowest BCUT2D eigenvalue weighted by molar-refractivity contribution is -0.0308. The van der Waals surface area contributed by atoms with Crippen LogP contribution >= 0.6 is 11.8 Å². The first kappa shape index (κ1) is 9.28. The normalized spacial score (nSPS) is 44.7. The SMILES string of the molecule is CO[C@H]1S[C@H](CO)[C@@H](O)[C@H]1O. The molecular formula is C6H12O4S. The van der Waals surface area contributed by atoms with Crippen LogP contribution in [-0.4, -0.2) is 51.9 Å². The summed E-state index contributed by atoms with van der Waals surface area (Å²) < 4.78 is 4.87. The molecule has 1 saturated heterocycles. The van der Waals surface area contributed by atoms with Crippen LogP contribution in [0.4, 0.5) is 0 Å². The number of hydrogen-bond donors (Lipinski definition) is 3. The zero-order valence-corrected chi connectivity index (χ0v) is 6.99. The fraction of sp³-hybridized carbons (Fsp3) is 1.00. The van der Waals surface area contributed by atoms with Gasteiger partial charge in [-0.1, -0.05) is 0 Å². The van der Waals surface area contributed by atoms with Gasteiger partial charge in [0.15, 0.2) is 0 Å². The number of rotatable bonds is 2. The van der Waals surface area contributed by atoms with Crippen molar-refractivity contribution in [3.05, 3.63) is 0 Å². The summed E-state index contributed by atoms with van der Waals surface area (Å²) in [6, 6.07) is 0. The predicted molar refractivity (Wildman–Crippen MR) is 41.3 cm³/mol. The fourth-order valence-electron chi connectivity index (χ4n) is 1.06. The monoisotopic (exact) mass is 180 g/mol. The molecule has 0 saturated carbocycles. The Balaban J connectivity index is 2.53. The first-order valence-electron chi connectivity index (χ1n) is 3.36. The molecule has 0 bridgehead atoms. The molecule has 4 nitrogen and oxygen atoms in total. The fourth-order valence-corrected chi connectivity index (χ4v) is 2.25. The zero-order valence-electron chi connectivity index (χ0n) is 6.17. The van der Waals surface area contributed by atoms with Crippen molar-refractivity contribution in [2.45, 2.75) is 22.9 Å². The first-order valence-corrected chi connectivity index (χ1v) is 4.30. The van der Waals surface area contributed by atoms with Gasteiger partial charge in [-0.25, -0.2) is 0 Å². The summed E-state index contributed by atoms with van der Waals surface area (Å²) in [4.78, 5) is 0. The molecule has 4 atom stereocenters. The van der Waals surface area contributed by atoms with Crippen LogP contribution in [0.15, 0.2) is 0 Å². The molecule has 1 rings (SSSR count). The van der Waals surface area contributed by atoms with Gasteiger partial charge in [0.2, 0.25) is 0 Å². The van der Waals surface area contributed by atoms with Crippen LogP contribution in [0, 0.1) is 0 Å². The molecule has 0 aromatic heterocycles. The predicted octanol–water partition coefficient (Wildman–Crippen LogP) is -1.21. The highest BCUT2D eigenvalue weighted by atomic mass is 32.2. The van der Waals surface area contributed by atoms with Crippen molar-refractivity contribution in [3.63, 3.8) is 0 Å². The van der Waals surface area contributed by atoms with Crippen molar-refractivity contribution < 1.29 is 20.1 Å². The van der Waals surface area contributed by atoms with Crippen LogP contribution in [0.25, 0.3) is 0 Å². The van der Waals surface area contributed by atoms with Gasteiger partial charge in [-0.3, -0.25) is 0 Å². The molecule has 1 aliphatic rings. The van der Waals surface area contributed by atoms with Crippen LogP contribution in [-0.2, 0) is 4.74 Å². The van der Waals surface area contributed by atoms with E-state index in [1.165, 1.54) is 18.9 Å². The minimum atomic E-state index is -0.887. The minimum Gasteiger partial charge on any atom is -0.395 e. The van der Waals surface area contributed by atoms with E-state index in [-0.39, 0.29) is 11.9 Å². The second-order valence-electron chi connectivity index (χ2n) is 2.44. The van der Waals surface area contributed by atoms with E-state index in [2.05, 4.69) is 0 Å². The third-order valence-corrected chi connectivity index (χ3v) is 3.25. The molecule has 3 N–H and O–H groups in total. The molecule has 0 spiro atoms. The maximum Gasteiger partial charge on any atom is 0.131 e. The van der Waals surface area contributed by atoms with Gasteiger partial charge in [0.1, 0.15) is 11.5 Å². The number of methoxy groups -OCH3 is 1. The van der Waals surface area contributed by atoms with Crippen LogP contribution in [0.2, 0.25) is 0 Å². The Bertz CT molecular complexity index is 114. The Kier molecular flexibility index (Phi) is 3.15. The van der Waals surface area contributed by atoms with Crippen LogP contribution in [0.1, 0.15) is 0 Å². The highest BCUT2D eigenvalue weighted by Gasteiger charge is 2.41. The molecule has 0 unspecified atom stereocenters. The van der Waals surface area contributed by atoms with Crippen molar-refractivity contribution in [3.8, 4) is 0 Å². The van der Waals surface area contributed by atoms with Gasteiger partial charge in [-0.15, -0.1) is 11.8 Å². The number of thioether (sulfide) groups is 1. The van der Waals surface area contributed by atoms with E-state index in [4.69, 9.17) is 9.84 Å². The van der Waals surface area contributed by atoms with Crippen molar-refractivity contribution in [2.24, 2.45) is 0 Å². The molecule has 1 aliphatic heterocycles. The summed E-state index contributed by atoms with van der Waals surface area (Å²) in [5.41, 5.74) is -0.415. The molecule has 1 fully saturated rings. The van der Waals surface area contributed by atoms with Gasteiger partial charge >= 0.3 is 0 Å². The lowest BCUT2D eigenvalue weighted by atomic mass is 10.1. The van der Waals surface area contributed by atoms with Crippen LogP contribution < -0.4 is 0 Å². The summed E-state index contributed by atoms with van der Waals surface area (Å²) in [5.74, 6) is 0. The minimum absolute atomic E-state index is 0.136. The van der Waals surface area contributed by atoms with E-state index in [1.54, 1.807) is 0 Å². The Labute approximate surface area is 69.2 Å². The van der Waals surface area contributed by atoms with E-state index in [0.717, 1.165) is 0 Å². The molecule has 0 radical (unpaired) electrons. The Morgan fingerprint density at radius 2 is 2.00 bits per heavy atom. The largest absolute Gasteiger partial charge is 0.395 e. The topological polar surface area (TPSA) is 69.9 Å². The second kappa shape index (κ2) is 3.73. The standard InChI is InChI=1S/C6H12O4S/c1-10-6-5(9)4(8)3(2-7)11-6/h3-9H,2H2,1H3/t3-,4-,5-,6+/m1/s1. The second-order valence-corrected chi connectivity index (χ2v) is 3.78. The van der Waals surface area contributed by atoms with E-state index >= 15 is 0 Å². The smallest absolute Gasteiger partial charge is 0.131 e. The highest BCUT2D eigenvalue weighted by Crippen LogP contribution is 2.34. The number of hydrogen-bond acceptors (Lipinski definition) is 5. The van der Waals surface area contributed by atoms with Gasteiger partial charge in [-0.2, -0.15) is 0 Å². The molecule has 0 amide bonds. The number of ether oxygens (including phenoxy) is 1. The Morgan fingerprint density at radius 1 is 1.36 bits per heavy atom. The lowest BCUT2D eigenvalue weighted by Gasteiger charge is -2.13. The summed E-state index contributed by atoms with van der Waals surface area (Å²) in [6.07, 6.45) is -1.77. The maximum absolute atomic E-state index is 9.25. The number of aliphatic hydroxyl groups is 3. The van der Waals surface area contributed by atoms with Crippen molar-refractivity contribution in [2.75, 3.05) is 13.7 Å². The average Bonchev–Trinajstić information content (AvgIpc) is 2.30. The third-order valence-electron chi connectivity index (χ3n) is 1.73. The van der Waals surface area contributed by atoms with Gasteiger partial charge < -0.3 is 20.1 Å². The molecule has 11 heavy (non-hydrogen) atoms. The summed E-state index contributed by atoms with van der Waals surface area (Å²) in [6.45, 7) is -0.136. The van der Waals surface area contributed by atoms with Crippen molar-refractivity contribution in [1.82, 2.24) is 0 Å². The van der Waals surface area contributed by atoms with E-state index in [9.17, 15) is 10.2 Å². The third kappa shape index (κ3) is 1.68. The van der Waals surface area contributed by atoms with Gasteiger partial charge in [0, 0.05) is 7.11 Å². The molecule has 0 aromatic rings. The highest BCUT2D eigenvalue weighted by molar-refractivity contribution is 8.00. The maximum atomic E-state index is 9.25.